The summed E-state index contributed by atoms with van der Waals surface area (Å²) in [4.78, 5) is 2.73. The molecule has 1 aliphatic heterocycles. The summed E-state index contributed by atoms with van der Waals surface area (Å²) >= 11 is 0. The van der Waals surface area contributed by atoms with E-state index in [2.05, 4.69) is 31.0 Å². The zero-order chi connectivity index (χ0) is 10.8. The second-order valence-electron chi connectivity index (χ2n) is 5.61. The summed E-state index contributed by atoms with van der Waals surface area (Å²) < 4.78 is 0. The lowest BCUT2D eigenvalue weighted by Gasteiger charge is -2.40. The zero-order valence-electron chi connectivity index (χ0n) is 10.5. The van der Waals surface area contributed by atoms with E-state index in [0.717, 1.165) is 23.9 Å². The van der Waals surface area contributed by atoms with Crippen LogP contribution < -0.4 is 5.32 Å². The molecule has 0 aromatic carbocycles. The van der Waals surface area contributed by atoms with Crippen molar-refractivity contribution < 1.29 is 0 Å². The van der Waals surface area contributed by atoms with Crippen LogP contribution >= 0.6 is 0 Å². The third-order valence-electron chi connectivity index (χ3n) is 4.08. The van der Waals surface area contributed by atoms with Crippen molar-refractivity contribution >= 4 is 0 Å². The van der Waals surface area contributed by atoms with Gasteiger partial charge in [0.2, 0.25) is 0 Å². The topological polar surface area (TPSA) is 15.3 Å². The predicted molar refractivity (Wildman–Crippen MR) is 65.0 cm³/mol. The number of nitrogens with one attached hydrogen (secondary N) is 1. The van der Waals surface area contributed by atoms with E-state index in [0.29, 0.717) is 0 Å². The van der Waals surface area contributed by atoms with Crippen molar-refractivity contribution in [3.05, 3.63) is 0 Å². The Morgan fingerprint density at radius 3 is 2.60 bits per heavy atom. The van der Waals surface area contributed by atoms with Gasteiger partial charge in [-0.25, -0.2) is 0 Å². The highest BCUT2D eigenvalue weighted by atomic mass is 15.2. The van der Waals surface area contributed by atoms with E-state index in [-0.39, 0.29) is 0 Å². The first-order valence-corrected chi connectivity index (χ1v) is 6.69. The fourth-order valence-electron chi connectivity index (χ4n) is 3.07. The summed E-state index contributed by atoms with van der Waals surface area (Å²) in [6, 6.07) is 1.60. The van der Waals surface area contributed by atoms with Gasteiger partial charge in [-0.15, -0.1) is 0 Å². The quantitative estimate of drug-likeness (QED) is 0.764. The molecule has 2 fully saturated rings. The first-order chi connectivity index (χ1) is 7.22. The molecule has 1 aliphatic carbocycles. The van der Waals surface area contributed by atoms with Crippen molar-refractivity contribution in [1.29, 1.82) is 0 Å². The van der Waals surface area contributed by atoms with Crippen molar-refractivity contribution in [3.8, 4) is 0 Å². The van der Waals surface area contributed by atoms with Crippen LogP contribution in [-0.4, -0.2) is 36.6 Å². The Bertz CT molecular complexity index is 199. The minimum absolute atomic E-state index is 0.798. The van der Waals surface area contributed by atoms with Crippen LogP contribution in [0.2, 0.25) is 0 Å². The fourth-order valence-corrected chi connectivity index (χ4v) is 3.07. The number of hydrogen-bond donors (Lipinski definition) is 1. The number of hydrogen-bond acceptors (Lipinski definition) is 2. The second kappa shape index (κ2) is 4.84. The van der Waals surface area contributed by atoms with Crippen molar-refractivity contribution in [2.24, 2.45) is 11.8 Å². The summed E-state index contributed by atoms with van der Waals surface area (Å²) in [5, 5.41) is 3.69. The van der Waals surface area contributed by atoms with E-state index in [1.165, 1.54) is 38.9 Å². The van der Waals surface area contributed by atoms with Crippen LogP contribution in [0.1, 0.15) is 40.0 Å². The molecule has 1 heterocycles. The molecular weight excluding hydrogens is 184 g/mol. The fraction of sp³-hybridized carbons (Fsp3) is 1.00. The van der Waals surface area contributed by atoms with Crippen LogP contribution in [0.4, 0.5) is 0 Å². The maximum absolute atomic E-state index is 3.69. The van der Waals surface area contributed by atoms with Gasteiger partial charge >= 0.3 is 0 Å². The Labute approximate surface area is 94.4 Å². The molecule has 0 aromatic rings. The van der Waals surface area contributed by atoms with Gasteiger partial charge in [0.15, 0.2) is 0 Å². The molecule has 0 amide bonds. The average Bonchev–Trinajstić information content (AvgIpc) is 3.02. The molecule has 2 heteroatoms. The van der Waals surface area contributed by atoms with Crippen LogP contribution in [0.5, 0.6) is 0 Å². The molecule has 0 radical (unpaired) electrons. The first kappa shape index (κ1) is 11.4. The zero-order valence-corrected chi connectivity index (χ0v) is 10.5. The molecular formula is C13H26N2. The Morgan fingerprint density at radius 1 is 1.33 bits per heavy atom. The van der Waals surface area contributed by atoms with Crippen LogP contribution in [-0.2, 0) is 0 Å². The smallest absolute Gasteiger partial charge is 0.0223 e. The lowest BCUT2D eigenvalue weighted by atomic mass is 9.97. The monoisotopic (exact) mass is 210 g/mol. The molecule has 1 saturated heterocycles. The molecule has 2 rings (SSSR count). The molecule has 1 saturated carbocycles. The maximum Gasteiger partial charge on any atom is 0.0223 e. The van der Waals surface area contributed by atoms with Gasteiger partial charge in [-0.05, 0) is 31.1 Å². The summed E-state index contributed by atoms with van der Waals surface area (Å²) in [7, 11) is 0. The lowest BCUT2D eigenvalue weighted by molar-refractivity contribution is 0.104. The van der Waals surface area contributed by atoms with Gasteiger partial charge in [0.05, 0.1) is 0 Å². The van der Waals surface area contributed by atoms with E-state index < -0.39 is 0 Å². The molecule has 2 nitrogen and oxygen atoms in total. The SMILES string of the molecule is CCC(C(C)C)N1CCNC(C2CC2)C1. The standard InChI is InChI=1S/C13H26N2/c1-4-13(10(2)3)15-8-7-14-12(9-15)11-5-6-11/h10-14H,4-9H2,1-3H3. The van der Waals surface area contributed by atoms with Gasteiger partial charge in [-0.2, -0.15) is 0 Å². The van der Waals surface area contributed by atoms with Gasteiger partial charge in [-0.3, -0.25) is 4.90 Å². The second-order valence-corrected chi connectivity index (χ2v) is 5.61. The van der Waals surface area contributed by atoms with E-state index in [1.54, 1.807) is 0 Å². The molecule has 0 spiro atoms. The Kier molecular flexibility index (Phi) is 3.68. The number of piperazine rings is 1. The third-order valence-corrected chi connectivity index (χ3v) is 4.08. The van der Waals surface area contributed by atoms with Crippen LogP contribution in [0.25, 0.3) is 0 Å². The molecule has 0 aromatic heterocycles. The molecule has 2 aliphatic rings. The largest absolute Gasteiger partial charge is 0.311 e. The average molecular weight is 210 g/mol. The van der Waals surface area contributed by atoms with Crippen LogP contribution in [0, 0.1) is 11.8 Å². The van der Waals surface area contributed by atoms with Gasteiger partial charge in [0.1, 0.15) is 0 Å². The van der Waals surface area contributed by atoms with Gasteiger partial charge in [0.25, 0.3) is 0 Å². The molecule has 1 N–H and O–H groups in total. The van der Waals surface area contributed by atoms with E-state index in [9.17, 15) is 0 Å². The van der Waals surface area contributed by atoms with Gasteiger partial charge in [0, 0.05) is 31.7 Å². The van der Waals surface area contributed by atoms with Crippen LogP contribution in [0.3, 0.4) is 0 Å². The first-order valence-electron chi connectivity index (χ1n) is 6.69. The van der Waals surface area contributed by atoms with Crippen molar-refractivity contribution in [1.82, 2.24) is 10.2 Å². The minimum Gasteiger partial charge on any atom is -0.311 e. The van der Waals surface area contributed by atoms with Crippen LogP contribution in [0.15, 0.2) is 0 Å². The third kappa shape index (κ3) is 2.73. The van der Waals surface area contributed by atoms with Crippen molar-refractivity contribution in [3.63, 3.8) is 0 Å². The Balaban J connectivity index is 1.89. The summed E-state index contributed by atoms with van der Waals surface area (Å²) in [5.74, 6) is 1.80. The minimum atomic E-state index is 0.798. The van der Waals surface area contributed by atoms with Crippen molar-refractivity contribution in [2.45, 2.75) is 52.1 Å². The summed E-state index contributed by atoms with van der Waals surface area (Å²) in [5.41, 5.74) is 0. The van der Waals surface area contributed by atoms with E-state index in [1.807, 2.05) is 0 Å². The molecule has 15 heavy (non-hydrogen) atoms. The Hall–Kier alpha value is -0.0800. The lowest BCUT2D eigenvalue weighted by Crippen LogP contribution is -2.55. The van der Waals surface area contributed by atoms with Gasteiger partial charge < -0.3 is 5.32 Å². The molecule has 88 valence electrons. The van der Waals surface area contributed by atoms with E-state index in [4.69, 9.17) is 0 Å². The van der Waals surface area contributed by atoms with Crippen molar-refractivity contribution in [2.75, 3.05) is 19.6 Å². The summed E-state index contributed by atoms with van der Waals surface area (Å²) in [6.45, 7) is 10.8. The molecule has 2 unspecified atom stereocenters. The normalized spacial score (nSPS) is 30.8. The predicted octanol–water partition coefficient (Wildman–Crippen LogP) is 2.10. The maximum atomic E-state index is 3.69. The number of nitrogens with zero attached hydrogens (tertiary/aromatic N) is 1. The summed E-state index contributed by atoms with van der Waals surface area (Å²) in [6.07, 6.45) is 4.23. The highest BCUT2D eigenvalue weighted by Crippen LogP contribution is 2.34. The molecule has 2 atom stereocenters. The Morgan fingerprint density at radius 2 is 2.07 bits per heavy atom. The van der Waals surface area contributed by atoms with Gasteiger partial charge in [-0.1, -0.05) is 20.8 Å². The van der Waals surface area contributed by atoms with E-state index >= 15 is 0 Å². The molecule has 0 bridgehead atoms. The highest BCUT2D eigenvalue weighted by Gasteiger charge is 2.35. The number of rotatable bonds is 4. The highest BCUT2D eigenvalue weighted by molar-refractivity contribution is 4.92.